The smallest absolute Gasteiger partial charge is 0.270 e. The highest BCUT2D eigenvalue weighted by atomic mass is 127. The topological polar surface area (TPSA) is 178 Å². The maximum Gasteiger partial charge on any atom is 0.270 e. The number of non-ortho nitro benzene ring substituents is 2. The van der Waals surface area contributed by atoms with E-state index in [0.717, 1.165) is 50.7 Å². The van der Waals surface area contributed by atoms with Gasteiger partial charge in [0, 0.05) is 70.1 Å². The molecule has 11 nitrogen and oxygen atoms in total. The second-order valence-electron chi connectivity index (χ2n) is 14.9. The number of hydrogen-bond acceptors (Lipinski definition) is 10. The Bertz CT molecular complexity index is 2170. The van der Waals surface area contributed by atoms with Gasteiger partial charge in [0.05, 0.1) is 20.5 Å². The molecule has 0 unspecified atom stereocenters. The minimum absolute atomic E-state index is 0. The van der Waals surface area contributed by atoms with E-state index in [0.29, 0.717) is 29.1 Å². The van der Waals surface area contributed by atoms with Crippen LogP contribution in [0.4, 0.5) is 20.2 Å². The molecule has 0 heterocycles. The van der Waals surface area contributed by atoms with Crippen LogP contribution in [0.25, 0.3) is 0 Å². The zero-order chi connectivity index (χ0) is 43.8. The van der Waals surface area contributed by atoms with Crippen molar-refractivity contribution in [1.29, 1.82) is 0 Å². The first-order valence-electron chi connectivity index (χ1n) is 19.7. The maximum atomic E-state index is 13.9. The fraction of sp³-hybridized carbons (Fsp3) is 0.432. The van der Waals surface area contributed by atoms with Crippen LogP contribution in [0.5, 0.6) is 0 Å². The Balaban J connectivity index is 0.000000407. The van der Waals surface area contributed by atoms with Crippen LogP contribution >= 0.6 is 35.7 Å². The van der Waals surface area contributed by atoms with Gasteiger partial charge in [0.15, 0.2) is 15.6 Å². The van der Waals surface area contributed by atoms with E-state index in [1.165, 1.54) is 72.4 Å². The Hall–Kier alpha value is -3.84. The van der Waals surface area contributed by atoms with E-state index < -0.39 is 42.5 Å². The zero-order valence-corrected chi connectivity index (χ0v) is 38.4. The number of thioether (sulfide) groups is 1. The van der Waals surface area contributed by atoms with E-state index in [-0.39, 0.29) is 87.7 Å². The van der Waals surface area contributed by atoms with Crippen molar-refractivity contribution >= 4 is 62.7 Å². The lowest BCUT2D eigenvalue weighted by molar-refractivity contribution is -0.385. The fourth-order valence-electron chi connectivity index (χ4n) is 6.70. The minimum Gasteiger partial charge on any atom is -0.396 e. The number of halogens is 3. The molecular formula is C44H55F2IN2O9S2. The van der Waals surface area contributed by atoms with Gasteiger partial charge in [-0.3, -0.25) is 25.0 Å². The SMILES string of the molecule is CCCC[C@@](CC)(CO)CS(=O)(=O)c1ccc(F)cc1Cc1cccc([N+](=O)[O-])c1.CCCC[C@@](CC)(CO)CSc1ccc(F)cc1C(=O)c1cccc([N+](=O)[O-])c1.I. The summed E-state index contributed by atoms with van der Waals surface area (Å²) in [4.78, 5) is 34.5. The van der Waals surface area contributed by atoms with Crippen molar-refractivity contribution < 1.29 is 42.1 Å². The van der Waals surface area contributed by atoms with Gasteiger partial charge in [-0.25, -0.2) is 17.2 Å². The summed E-state index contributed by atoms with van der Waals surface area (Å²) in [6.07, 6.45) is 6.51. The summed E-state index contributed by atoms with van der Waals surface area (Å²) in [6, 6.07) is 18.8. The van der Waals surface area contributed by atoms with Crippen molar-refractivity contribution in [2.45, 2.75) is 95.3 Å². The number of sulfone groups is 1. The molecule has 0 aromatic heterocycles. The van der Waals surface area contributed by atoms with E-state index in [1.54, 1.807) is 12.1 Å². The van der Waals surface area contributed by atoms with Gasteiger partial charge in [-0.05, 0) is 79.6 Å². The van der Waals surface area contributed by atoms with Crippen LogP contribution in [0.1, 0.15) is 106 Å². The zero-order valence-electron chi connectivity index (χ0n) is 34.4. The fourth-order valence-corrected chi connectivity index (χ4v) is 10.3. The summed E-state index contributed by atoms with van der Waals surface area (Å²) >= 11 is 1.41. The van der Waals surface area contributed by atoms with Crippen LogP contribution in [-0.4, -0.2) is 59.0 Å². The molecule has 0 aliphatic heterocycles. The van der Waals surface area contributed by atoms with Gasteiger partial charge in [-0.2, -0.15) is 0 Å². The third kappa shape index (κ3) is 14.7. The standard InChI is InChI=1S/C22H28FNO5S.C22H26FNO4S.HI/c1-3-5-11-22(4-2,15-25)16-30(28,29)21-10-9-19(23)14-18(21)12-17-7-6-8-20(13-17)24(26)27;1-3-5-11-22(4-2,14-25)15-29-20-10-9-17(23)13-19(20)21(26)16-7-6-8-18(12-16)24(27)28;/h6-10,13-14,25H,3-5,11-12,15-16H2,1-2H3;6-10,12-13,25H,3-5,11,14-15H2,1-2H3;1H/t2*22-;/m00./s1. The molecule has 4 rings (SSSR count). The summed E-state index contributed by atoms with van der Waals surface area (Å²) in [5.41, 5.74) is -0.248. The average molecular weight is 985 g/mol. The molecule has 0 saturated carbocycles. The third-order valence-electron chi connectivity index (χ3n) is 10.7. The first kappa shape index (κ1) is 52.3. The van der Waals surface area contributed by atoms with Crippen molar-refractivity contribution in [2.24, 2.45) is 10.8 Å². The Morgan fingerprint density at radius 2 is 1.30 bits per heavy atom. The van der Waals surface area contributed by atoms with Gasteiger partial charge >= 0.3 is 0 Å². The number of benzene rings is 4. The number of hydrogen-bond donors (Lipinski definition) is 2. The lowest BCUT2D eigenvalue weighted by Crippen LogP contribution is -2.34. The summed E-state index contributed by atoms with van der Waals surface area (Å²) < 4.78 is 54.4. The van der Waals surface area contributed by atoms with Gasteiger partial charge in [0.1, 0.15) is 11.6 Å². The molecule has 4 aromatic rings. The van der Waals surface area contributed by atoms with Crippen molar-refractivity contribution in [3.8, 4) is 0 Å². The number of nitro groups is 2. The van der Waals surface area contributed by atoms with Gasteiger partial charge in [-0.15, -0.1) is 35.7 Å². The average Bonchev–Trinajstić information content (AvgIpc) is 3.23. The summed E-state index contributed by atoms with van der Waals surface area (Å²) in [7, 11) is -3.83. The van der Waals surface area contributed by atoms with E-state index >= 15 is 0 Å². The molecule has 0 bridgehead atoms. The van der Waals surface area contributed by atoms with Crippen LogP contribution in [0.15, 0.2) is 94.7 Å². The molecule has 0 fully saturated rings. The van der Waals surface area contributed by atoms with E-state index in [1.807, 2.05) is 20.8 Å². The molecule has 0 aliphatic carbocycles. The Labute approximate surface area is 372 Å². The van der Waals surface area contributed by atoms with Crippen molar-refractivity contribution in [3.05, 3.63) is 139 Å². The molecule has 2 atom stereocenters. The number of aliphatic hydroxyl groups excluding tert-OH is 2. The van der Waals surface area contributed by atoms with Crippen LogP contribution in [0.2, 0.25) is 0 Å². The number of rotatable bonds is 22. The Kier molecular flexibility index (Phi) is 21.4. The van der Waals surface area contributed by atoms with Crippen LogP contribution in [0.3, 0.4) is 0 Å². The highest BCUT2D eigenvalue weighted by molar-refractivity contribution is 14.0. The van der Waals surface area contributed by atoms with Gasteiger partial charge < -0.3 is 10.2 Å². The molecule has 4 aromatic carbocycles. The minimum atomic E-state index is -3.83. The molecule has 0 radical (unpaired) electrons. The van der Waals surface area contributed by atoms with Gasteiger partial charge in [0.2, 0.25) is 0 Å². The number of carbonyl (C=O) groups is 1. The maximum absolute atomic E-state index is 13.9. The quantitative estimate of drug-likeness (QED) is 0.0192. The normalized spacial score (nSPS) is 13.2. The number of aliphatic hydroxyl groups is 2. The molecular weight excluding hydrogens is 930 g/mol. The van der Waals surface area contributed by atoms with E-state index in [4.69, 9.17) is 0 Å². The number of unbranched alkanes of at least 4 members (excludes halogenated alkanes) is 2. The molecule has 328 valence electrons. The van der Waals surface area contributed by atoms with E-state index in [9.17, 15) is 52.4 Å². The Morgan fingerprint density at radius 1 is 0.750 bits per heavy atom. The largest absolute Gasteiger partial charge is 0.396 e. The third-order valence-corrected chi connectivity index (χ3v) is 14.2. The lowest BCUT2D eigenvalue weighted by atomic mass is 9.83. The highest BCUT2D eigenvalue weighted by Gasteiger charge is 2.35. The first-order valence-corrected chi connectivity index (χ1v) is 22.3. The van der Waals surface area contributed by atoms with Crippen molar-refractivity contribution in [1.82, 2.24) is 0 Å². The number of nitrogens with zero attached hydrogens (tertiary/aromatic N) is 2. The summed E-state index contributed by atoms with van der Waals surface area (Å²) in [5, 5.41) is 41.9. The Morgan fingerprint density at radius 3 is 1.87 bits per heavy atom. The number of ketones is 1. The molecule has 16 heteroatoms. The summed E-state index contributed by atoms with van der Waals surface area (Å²) in [6.45, 7) is 7.79. The summed E-state index contributed by atoms with van der Waals surface area (Å²) in [5.74, 6) is -1.22. The molecule has 0 spiro atoms. The predicted molar refractivity (Wildman–Crippen MR) is 242 cm³/mol. The molecule has 0 saturated heterocycles. The van der Waals surface area contributed by atoms with Crippen LogP contribution < -0.4 is 0 Å². The number of nitro benzene ring substituents is 2. The first-order chi connectivity index (χ1) is 28.0. The van der Waals surface area contributed by atoms with Crippen LogP contribution in [-0.2, 0) is 16.3 Å². The van der Waals surface area contributed by atoms with Gasteiger partial charge in [0.25, 0.3) is 11.4 Å². The second-order valence-corrected chi connectivity index (χ2v) is 17.9. The molecule has 60 heavy (non-hydrogen) atoms. The van der Waals surface area contributed by atoms with Crippen molar-refractivity contribution in [2.75, 3.05) is 24.7 Å². The second kappa shape index (κ2) is 24.6. The highest BCUT2D eigenvalue weighted by Crippen LogP contribution is 2.38. The number of carbonyl (C=O) groups excluding carboxylic acids is 1. The molecule has 0 amide bonds. The van der Waals surface area contributed by atoms with Crippen LogP contribution in [0, 0.1) is 42.7 Å². The van der Waals surface area contributed by atoms with Crippen molar-refractivity contribution in [3.63, 3.8) is 0 Å². The predicted octanol–water partition coefficient (Wildman–Crippen LogP) is 10.9. The lowest BCUT2D eigenvalue weighted by Gasteiger charge is -2.30. The van der Waals surface area contributed by atoms with Gasteiger partial charge in [-0.1, -0.05) is 77.6 Å². The monoisotopic (exact) mass is 984 g/mol. The molecule has 0 aliphatic rings. The van der Waals surface area contributed by atoms with E-state index in [2.05, 4.69) is 6.92 Å². The molecule has 2 N–H and O–H groups in total.